The van der Waals surface area contributed by atoms with Crippen LogP contribution in [-0.4, -0.2) is 45.4 Å². The fourth-order valence-electron chi connectivity index (χ4n) is 3.14. The van der Waals surface area contributed by atoms with Crippen molar-refractivity contribution in [2.45, 2.75) is 26.3 Å². The third-order valence-electron chi connectivity index (χ3n) is 4.64. The minimum atomic E-state index is -0.0668. The Morgan fingerprint density at radius 2 is 2.12 bits per heavy atom. The van der Waals surface area contributed by atoms with Crippen LogP contribution in [0.25, 0.3) is 0 Å². The van der Waals surface area contributed by atoms with Crippen molar-refractivity contribution in [3.8, 4) is 0 Å². The number of hydrogen-bond acceptors (Lipinski definition) is 5. The van der Waals surface area contributed by atoms with E-state index in [1.54, 1.807) is 12.4 Å². The number of fused-ring (bicyclic) bond motifs is 1. The summed E-state index contributed by atoms with van der Waals surface area (Å²) in [5.74, 6) is 1.75. The number of aromatic nitrogens is 3. The molecule has 0 atom stereocenters. The van der Waals surface area contributed by atoms with Gasteiger partial charge in [-0.2, -0.15) is 0 Å². The van der Waals surface area contributed by atoms with Crippen molar-refractivity contribution in [1.29, 1.82) is 0 Å². The van der Waals surface area contributed by atoms with Gasteiger partial charge in [-0.25, -0.2) is 9.97 Å². The molecule has 1 amide bonds. The predicted octanol–water partition coefficient (Wildman–Crippen LogP) is 2.05. The van der Waals surface area contributed by atoms with Gasteiger partial charge in [-0.1, -0.05) is 6.07 Å². The van der Waals surface area contributed by atoms with Crippen LogP contribution in [0.1, 0.15) is 34.6 Å². The predicted molar refractivity (Wildman–Crippen MR) is 90.7 cm³/mol. The first kappa shape index (κ1) is 15.1. The van der Waals surface area contributed by atoms with Gasteiger partial charge >= 0.3 is 0 Å². The standard InChI is InChI=1S/C18H21N5O/c1-13-2-5-15-12-23(18(24)16-10-19-6-7-20-16)9-8-22(17(15)21-13)11-14-3-4-14/h2,5-7,10,14H,3-4,8-9,11-12H2,1H3. The molecule has 1 aliphatic heterocycles. The maximum Gasteiger partial charge on any atom is 0.274 e. The zero-order valence-corrected chi connectivity index (χ0v) is 13.9. The van der Waals surface area contributed by atoms with Crippen molar-refractivity contribution in [3.63, 3.8) is 0 Å². The van der Waals surface area contributed by atoms with E-state index in [0.717, 1.165) is 36.1 Å². The first-order valence-electron chi connectivity index (χ1n) is 8.47. The SMILES string of the molecule is Cc1ccc2c(n1)N(CC1CC1)CCN(C(=O)c1cnccn1)C2. The summed E-state index contributed by atoms with van der Waals surface area (Å²) in [7, 11) is 0. The van der Waals surface area contributed by atoms with Gasteiger partial charge in [-0.05, 0) is 31.7 Å². The van der Waals surface area contributed by atoms with E-state index in [-0.39, 0.29) is 5.91 Å². The monoisotopic (exact) mass is 323 g/mol. The second-order valence-electron chi connectivity index (χ2n) is 6.64. The smallest absolute Gasteiger partial charge is 0.274 e. The molecule has 2 aliphatic rings. The third kappa shape index (κ3) is 3.09. The maximum atomic E-state index is 12.8. The molecule has 6 nitrogen and oxygen atoms in total. The molecule has 124 valence electrons. The molecule has 0 radical (unpaired) electrons. The summed E-state index contributed by atoms with van der Waals surface area (Å²) in [5, 5.41) is 0. The number of amides is 1. The number of nitrogens with zero attached hydrogens (tertiary/aromatic N) is 5. The summed E-state index contributed by atoms with van der Waals surface area (Å²) in [6.07, 6.45) is 7.28. The number of carbonyl (C=O) groups is 1. The molecule has 0 bridgehead atoms. The molecule has 0 aromatic carbocycles. The highest BCUT2D eigenvalue weighted by molar-refractivity contribution is 5.92. The second-order valence-corrected chi connectivity index (χ2v) is 6.64. The Morgan fingerprint density at radius 3 is 2.88 bits per heavy atom. The molecular weight excluding hydrogens is 302 g/mol. The number of hydrogen-bond donors (Lipinski definition) is 0. The minimum absolute atomic E-state index is 0.0668. The van der Waals surface area contributed by atoms with Crippen LogP contribution in [-0.2, 0) is 6.54 Å². The lowest BCUT2D eigenvalue weighted by Crippen LogP contribution is -2.36. The summed E-state index contributed by atoms with van der Waals surface area (Å²) in [4.78, 5) is 29.9. The van der Waals surface area contributed by atoms with Crippen LogP contribution in [0, 0.1) is 12.8 Å². The number of aryl methyl sites for hydroxylation is 1. The van der Waals surface area contributed by atoms with Gasteiger partial charge in [0.2, 0.25) is 0 Å². The topological polar surface area (TPSA) is 62.2 Å². The van der Waals surface area contributed by atoms with Crippen LogP contribution in [0.4, 0.5) is 5.82 Å². The lowest BCUT2D eigenvalue weighted by molar-refractivity contribution is 0.0745. The molecule has 1 fully saturated rings. The average molecular weight is 323 g/mol. The normalized spacial score (nSPS) is 17.4. The molecule has 2 aromatic heterocycles. The largest absolute Gasteiger partial charge is 0.354 e. The van der Waals surface area contributed by atoms with Gasteiger partial charge in [0.1, 0.15) is 11.5 Å². The second kappa shape index (κ2) is 6.19. The van der Waals surface area contributed by atoms with Crippen molar-refractivity contribution in [2.24, 2.45) is 5.92 Å². The van der Waals surface area contributed by atoms with Gasteiger partial charge in [-0.3, -0.25) is 9.78 Å². The van der Waals surface area contributed by atoms with Gasteiger partial charge in [0.05, 0.1) is 6.20 Å². The van der Waals surface area contributed by atoms with Crippen molar-refractivity contribution < 1.29 is 4.79 Å². The van der Waals surface area contributed by atoms with Gasteiger partial charge in [-0.15, -0.1) is 0 Å². The Balaban J connectivity index is 1.62. The fraction of sp³-hybridized carbons (Fsp3) is 0.444. The number of pyridine rings is 1. The lowest BCUT2D eigenvalue weighted by atomic mass is 10.2. The van der Waals surface area contributed by atoms with E-state index in [2.05, 4.69) is 20.9 Å². The van der Waals surface area contributed by atoms with Gasteiger partial charge in [0.15, 0.2) is 0 Å². The Morgan fingerprint density at radius 1 is 1.25 bits per heavy atom. The zero-order valence-electron chi connectivity index (χ0n) is 13.9. The molecule has 0 spiro atoms. The van der Waals surface area contributed by atoms with Crippen LogP contribution in [0.5, 0.6) is 0 Å². The molecule has 2 aromatic rings. The van der Waals surface area contributed by atoms with Crippen LogP contribution >= 0.6 is 0 Å². The summed E-state index contributed by atoms with van der Waals surface area (Å²) in [5.41, 5.74) is 2.52. The van der Waals surface area contributed by atoms with Gasteiger partial charge < -0.3 is 9.80 Å². The molecular formula is C18H21N5O. The lowest BCUT2D eigenvalue weighted by Gasteiger charge is -2.24. The highest BCUT2D eigenvalue weighted by atomic mass is 16.2. The molecule has 0 N–H and O–H groups in total. The van der Waals surface area contributed by atoms with E-state index in [0.29, 0.717) is 18.8 Å². The summed E-state index contributed by atoms with van der Waals surface area (Å²) >= 11 is 0. The summed E-state index contributed by atoms with van der Waals surface area (Å²) < 4.78 is 0. The van der Waals surface area contributed by atoms with E-state index in [9.17, 15) is 4.79 Å². The van der Waals surface area contributed by atoms with E-state index >= 15 is 0 Å². The van der Waals surface area contributed by atoms with Gasteiger partial charge in [0.25, 0.3) is 5.91 Å². The Hall–Kier alpha value is -2.50. The first-order chi connectivity index (χ1) is 11.7. The molecule has 0 saturated heterocycles. The van der Waals surface area contributed by atoms with E-state index < -0.39 is 0 Å². The number of anilines is 1. The average Bonchev–Trinajstić information content (AvgIpc) is 3.43. The van der Waals surface area contributed by atoms with E-state index in [1.165, 1.54) is 19.0 Å². The first-order valence-corrected chi connectivity index (χ1v) is 8.47. The van der Waals surface area contributed by atoms with Gasteiger partial charge in [0, 0.05) is 49.8 Å². The van der Waals surface area contributed by atoms with E-state index in [4.69, 9.17) is 4.98 Å². The van der Waals surface area contributed by atoms with Crippen LogP contribution < -0.4 is 4.90 Å². The molecule has 24 heavy (non-hydrogen) atoms. The molecule has 6 heteroatoms. The molecule has 4 rings (SSSR count). The maximum absolute atomic E-state index is 12.8. The Labute approximate surface area is 141 Å². The molecule has 0 unspecified atom stereocenters. The van der Waals surface area contributed by atoms with Crippen LogP contribution in [0.3, 0.4) is 0 Å². The third-order valence-corrected chi connectivity index (χ3v) is 4.64. The number of rotatable bonds is 3. The van der Waals surface area contributed by atoms with Crippen molar-refractivity contribution >= 4 is 11.7 Å². The fourth-order valence-corrected chi connectivity index (χ4v) is 3.14. The molecule has 1 aliphatic carbocycles. The van der Waals surface area contributed by atoms with Crippen molar-refractivity contribution in [2.75, 3.05) is 24.5 Å². The highest BCUT2D eigenvalue weighted by Crippen LogP contribution is 2.33. The quantitative estimate of drug-likeness (QED) is 0.865. The van der Waals surface area contributed by atoms with E-state index in [1.807, 2.05) is 17.9 Å². The van der Waals surface area contributed by atoms with Crippen LogP contribution in [0.15, 0.2) is 30.7 Å². The number of carbonyl (C=O) groups excluding carboxylic acids is 1. The summed E-state index contributed by atoms with van der Waals surface area (Å²) in [6, 6.07) is 4.12. The van der Waals surface area contributed by atoms with Crippen molar-refractivity contribution in [3.05, 3.63) is 47.7 Å². The zero-order chi connectivity index (χ0) is 16.5. The molecule has 1 saturated carbocycles. The minimum Gasteiger partial charge on any atom is -0.354 e. The summed E-state index contributed by atoms with van der Waals surface area (Å²) in [6.45, 7) is 5.11. The Bertz CT molecular complexity index is 744. The highest BCUT2D eigenvalue weighted by Gasteiger charge is 2.30. The van der Waals surface area contributed by atoms with Crippen molar-refractivity contribution in [1.82, 2.24) is 19.9 Å². The molecule has 3 heterocycles. The Kier molecular flexibility index (Phi) is 3.88. The van der Waals surface area contributed by atoms with Crippen LogP contribution in [0.2, 0.25) is 0 Å².